The van der Waals surface area contributed by atoms with E-state index in [0.29, 0.717) is 17.3 Å². The Labute approximate surface area is 106 Å². The fourth-order valence-electron chi connectivity index (χ4n) is 1.54. The maximum atomic E-state index is 8.85. The first kappa shape index (κ1) is 13.2. The van der Waals surface area contributed by atoms with Crippen LogP contribution in [-0.2, 0) is 0 Å². The standard InChI is InChI=1S/C12H14Cl2N2/c1-10-8-12(3-2-11(10)9-15)16(6-4-13)7-5-14/h2-3,8H,4-7H2,1H3. The molecule has 0 N–H and O–H groups in total. The van der Waals surface area contributed by atoms with E-state index in [1.165, 1.54) is 0 Å². The second-order valence-electron chi connectivity index (χ2n) is 3.48. The largest absolute Gasteiger partial charge is 0.369 e. The average Bonchev–Trinajstić information content (AvgIpc) is 2.28. The third-order valence-corrected chi connectivity index (χ3v) is 2.74. The van der Waals surface area contributed by atoms with Crippen molar-refractivity contribution in [3.8, 4) is 6.07 Å². The van der Waals surface area contributed by atoms with E-state index in [0.717, 1.165) is 24.3 Å². The molecule has 0 amide bonds. The van der Waals surface area contributed by atoms with Crippen LogP contribution in [0, 0.1) is 18.3 Å². The molecule has 0 heterocycles. The summed E-state index contributed by atoms with van der Waals surface area (Å²) in [5, 5.41) is 8.85. The number of hydrogen-bond acceptors (Lipinski definition) is 2. The second kappa shape index (κ2) is 6.62. The number of aryl methyl sites for hydroxylation is 1. The molecule has 0 radical (unpaired) electrons. The Morgan fingerprint density at radius 3 is 2.31 bits per heavy atom. The van der Waals surface area contributed by atoms with Gasteiger partial charge in [-0.1, -0.05) is 0 Å². The number of nitriles is 1. The molecular weight excluding hydrogens is 243 g/mol. The summed E-state index contributed by atoms with van der Waals surface area (Å²) in [7, 11) is 0. The van der Waals surface area contributed by atoms with Crippen LogP contribution in [0.5, 0.6) is 0 Å². The first-order chi connectivity index (χ1) is 7.72. The van der Waals surface area contributed by atoms with E-state index in [1.807, 2.05) is 25.1 Å². The van der Waals surface area contributed by atoms with Crippen LogP contribution < -0.4 is 4.90 Å². The Kier molecular flexibility index (Phi) is 5.45. The van der Waals surface area contributed by atoms with Crippen molar-refractivity contribution in [1.82, 2.24) is 0 Å². The molecule has 4 heteroatoms. The van der Waals surface area contributed by atoms with Gasteiger partial charge in [0.25, 0.3) is 0 Å². The molecule has 0 fully saturated rings. The Bertz CT molecular complexity index is 379. The van der Waals surface area contributed by atoms with Crippen molar-refractivity contribution < 1.29 is 0 Å². The Morgan fingerprint density at radius 1 is 1.25 bits per heavy atom. The topological polar surface area (TPSA) is 27.0 Å². The van der Waals surface area contributed by atoms with Gasteiger partial charge < -0.3 is 4.90 Å². The third kappa shape index (κ3) is 3.30. The van der Waals surface area contributed by atoms with Crippen molar-refractivity contribution in [2.45, 2.75) is 6.92 Å². The molecule has 0 saturated carbocycles. The lowest BCUT2D eigenvalue weighted by Gasteiger charge is -2.23. The van der Waals surface area contributed by atoms with Gasteiger partial charge in [-0.25, -0.2) is 0 Å². The van der Waals surface area contributed by atoms with Crippen LogP contribution in [0.3, 0.4) is 0 Å². The summed E-state index contributed by atoms with van der Waals surface area (Å²) in [6, 6.07) is 7.92. The van der Waals surface area contributed by atoms with Gasteiger partial charge in [0.2, 0.25) is 0 Å². The predicted octanol–water partition coefficient (Wildman–Crippen LogP) is 3.15. The zero-order valence-corrected chi connectivity index (χ0v) is 10.7. The van der Waals surface area contributed by atoms with Gasteiger partial charge in [-0.05, 0) is 30.7 Å². The van der Waals surface area contributed by atoms with Gasteiger partial charge >= 0.3 is 0 Å². The summed E-state index contributed by atoms with van der Waals surface area (Å²) in [5.41, 5.74) is 2.76. The highest BCUT2D eigenvalue weighted by atomic mass is 35.5. The number of rotatable bonds is 5. The SMILES string of the molecule is Cc1cc(N(CCCl)CCCl)ccc1C#N. The molecule has 0 saturated heterocycles. The molecule has 1 aromatic carbocycles. The zero-order valence-electron chi connectivity index (χ0n) is 9.21. The normalized spacial score (nSPS) is 9.88. The minimum atomic E-state index is 0.565. The van der Waals surface area contributed by atoms with Gasteiger partial charge in [-0.2, -0.15) is 5.26 Å². The van der Waals surface area contributed by atoms with Crippen molar-refractivity contribution in [3.63, 3.8) is 0 Å². The van der Waals surface area contributed by atoms with Crippen molar-refractivity contribution in [3.05, 3.63) is 29.3 Å². The minimum absolute atomic E-state index is 0.565. The molecule has 1 aromatic rings. The van der Waals surface area contributed by atoms with E-state index in [2.05, 4.69) is 11.0 Å². The van der Waals surface area contributed by atoms with Gasteiger partial charge in [0.1, 0.15) is 0 Å². The van der Waals surface area contributed by atoms with Gasteiger partial charge in [-0.3, -0.25) is 0 Å². The van der Waals surface area contributed by atoms with Gasteiger partial charge in [0.15, 0.2) is 0 Å². The Morgan fingerprint density at radius 2 is 1.88 bits per heavy atom. The predicted molar refractivity (Wildman–Crippen MR) is 69.5 cm³/mol. The molecule has 16 heavy (non-hydrogen) atoms. The van der Waals surface area contributed by atoms with Gasteiger partial charge in [-0.15, -0.1) is 23.2 Å². The number of benzene rings is 1. The van der Waals surface area contributed by atoms with Crippen LogP contribution in [0.15, 0.2) is 18.2 Å². The van der Waals surface area contributed by atoms with Gasteiger partial charge in [0.05, 0.1) is 11.6 Å². The maximum absolute atomic E-state index is 8.85. The third-order valence-electron chi connectivity index (χ3n) is 2.40. The summed E-state index contributed by atoms with van der Waals surface area (Å²) in [5.74, 6) is 1.13. The molecule has 0 spiro atoms. The summed E-state index contributed by atoms with van der Waals surface area (Å²) in [6.07, 6.45) is 0. The van der Waals surface area contributed by atoms with Crippen LogP contribution in [0.25, 0.3) is 0 Å². The number of alkyl halides is 2. The van der Waals surface area contributed by atoms with Crippen LogP contribution >= 0.6 is 23.2 Å². The highest BCUT2D eigenvalue weighted by Crippen LogP contribution is 2.18. The molecule has 0 bridgehead atoms. The first-order valence-electron chi connectivity index (χ1n) is 5.10. The fraction of sp³-hybridized carbons (Fsp3) is 0.417. The van der Waals surface area contributed by atoms with Crippen LogP contribution in [0.4, 0.5) is 5.69 Å². The van der Waals surface area contributed by atoms with Crippen molar-refractivity contribution in [1.29, 1.82) is 5.26 Å². The smallest absolute Gasteiger partial charge is 0.0994 e. The lowest BCUT2D eigenvalue weighted by Crippen LogP contribution is -2.27. The van der Waals surface area contributed by atoms with Crippen molar-refractivity contribution in [2.75, 3.05) is 29.7 Å². The van der Waals surface area contributed by atoms with E-state index in [-0.39, 0.29) is 0 Å². The summed E-state index contributed by atoms with van der Waals surface area (Å²) < 4.78 is 0. The van der Waals surface area contributed by atoms with Gasteiger partial charge in [0, 0.05) is 30.5 Å². The van der Waals surface area contributed by atoms with E-state index >= 15 is 0 Å². The Hall–Kier alpha value is -0.910. The lowest BCUT2D eigenvalue weighted by atomic mass is 10.1. The molecule has 0 unspecified atom stereocenters. The van der Waals surface area contributed by atoms with E-state index in [4.69, 9.17) is 28.5 Å². The second-order valence-corrected chi connectivity index (χ2v) is 4.23. The average molecular weight is 257 g/mol. The first-order valence-corrected chi connectivity index (χ1v) is 6.17. The number of hydrogen-bond donors (Lipinski definition) is 0. The molecule has 2 nitrogen and oxygen atoms in total. The maximum Gasteiger partial charge on any atom is 0.0994 e. The Balaban J connectivity index is 2.93. The summed E-state index contributed by atoms with van der Waals surface area (Å²) >= 11 is 11.5. The van der Waals surface area contributed by atoms with E-state index < -0.39 is 0 Å². The van der Waals surface area contributed by atoms with Crippen LogP contribution in [0.1, 0.15) is 11.1 Å². The lowest BCUT2D eigenvalue weighted by molar-refractivity contribution is 0.873. The molecule has 86 valence electrons. The molecule has 0 aliphatic carbocycles. The van der Waals surface area contributed by atoms with Crippen molar-refractivity contribution in [2.24, 2.45) is 0 Å². The summed E-state index contributed by atoms with van der Waals surface area (Å²) in [6.45, 7) is 3.46. The quantitative estimate of drug-likeness (QED) is 0.757. The summed E-state index contributed by atoms with van der Waals surface area (Å²) in [4.78, 5) is 2.12. The molecule has 0 aliphatic rings. The zero-order chi connectivity index (χ0) is 12.0. The highest BCUT2D eigenvalue weighted by molar-refractivity contribution is 6.18. The number of anilines is 1. The monoisotopic (exact) mass is 256 g/mol. The minimum Gasteiger partial charge on any atom is -0.369 e. The van der Waals surface area contributed by atoms with Crippen LogP contribution in [-0.4, -0.2) is 24.8 Å². The molecule has 0 aliphatic heterocycles. The molecular formula is C12H14Cl2N2. The molecule has 0 atom stereocenters. The molecule has 1 rings (SSSR count). The van der Waals surface area contributed by atoms with E-state index in [9.17, 15) is 0 Å². The van der Waals surface area contributed by atoms with E-state index in [1.54, 1.807) is 0 Å². The number of halogens is 2. The fourth-order valence-corrected chi connectivity index (χ4v) is 1.95. The molecule has 0 aromatic heterocycles. The highest BCUT2D eigenvalue weighted by Gasteiger charge is 2.06. The van der Waals surface area contributed by atoms with Crippen molar-refractivity contribution >= 4 is 28.9 Å². The van der Waals surface area contributed by atoms with Crippen LogP contribution in [0.2, 0.25) is 0 Å². The number of nitrogens with zero attached hydrogens (tertiary/aromatic N) is 2.